The summed E-state index contributed by atoms with van der Waals surface area (Å²) >= 11 is 0. The summed E-state index contributed by atoms with van der Waals surface area (Å²) in [5, 5.41) is 15.4. The first kappa shape index (κ1) is 23.9. The average Bonchev–Trinajstić information content (AvgIpc) is 2.60. The molecule has 0 saturated heterocycles. The standard InChI is InChI=1S/C18H30N2O2.C2H5NO/c1-2-3-4-8-14-19-18(22)20-15-17(21)13-9-12-16-10-6-5-7-11-16;1-2(3)4/h5-7,10-11,17,21H,2-4,8-9,12-15H2,1H3,(H2,19,20,22);1H3,(H2,3,4). The van der Waals surface area contributed by atoms with Gasteiger partial charge in [0.2, 0.25) is 5.91 Å². The normalized spacial score (nSPS) is 11.0. The van der Waals surface area contributed by atoms with Gasteiger partial charge in [0.25, 0.3) is 0 Å². The molecule has 6 heteroatoms. The molecule has 0 spiro atoms. The molecular weight excluding hydrogens is 330 g/mol. The summed E-state index contributed by atoms with van der Waals surface area (Å²) in [4.78, 5) is 20.8. The maximum absolute atomic E-state index is 11.5. The Balaban J connectivity index is 0.00000141. The summed E-state index contributed by atoms with van der Waals surface area (Å²) < 4.78 is 0. The van der Waals surface area contributed by atoms with Gasteiger partial charge >= 0.3 is 6.03 Å². The maximum atomic E-state index is 11.5. The van der Waals surface area contributed by atoms with Crippen molar-refractivity contribution in [3.63, 3.8) is 0 Å². The van der Waals surface area contributed by atoms with Gasteiger partial charge in [0.05, 0.1) is 6.10 Å². The zero-order valence-electron chi connectivity index (χ0n) is 16.2. The Hall–Kier alpha value is -2.08. The van der Waals surface area contributed by atoms with Gasteiger partial charge < -0.3 is 21.5 Å². The summed E-state index contributed by atoms with van der Waals surface area (Å²) in [5.74, 6) is -0.333. The van der Waals surface area contributed by atoms with Crippen LogP contribution in [0.15, 0.2) is 30.3 Å². The molecule has 3 amide bonds. The van der Waals surface area contributed by atoms with E-state index in [0.717, 1.165) is 25.7 Å². The molecule has 0 aliphatic carbocycles. The lowest BCUT2D eigenvalue weighted by Crippen LogP contribution is -2.40. The molecule has 1 atom stereocenters. The van der Waals surface area contributed by atoms with Crippen LogP contribution < -0.4 is 16.4 Å². The van der Waals surface area contributed by atoms with Crippen molar-refractivity contribution in [1.29, 1.82) is 0 Å². The van der Waals surface area contributed by atoms with Crippen LogP contribution in [0, 0.1) is 0 Å². The lowest BCUT2D eigenvalue weighted by atomic mass is 10.1. The van der Waals surface area contributed by atoms with Gasteiger partial charge in [-0.3, -0.25) is 4.79 Å². The number of unbranched alkanes of at least 4 members (excludes halogenated alkanes) is 3. The molecule has 1 aromatic rings. The Bertz CT molecular complexity index is 476. The number of rotatable bonds is 11. The quantitative estimate of drug-likeness (QED) is 0.453. The predicted molar refractivity (Wildman–Crippen MR) is 106 cm³/mol. The van der Waals surface area contributed by atoms with Crippen LogP contribution in [0.5, 0.6) is 0 Å². The number of aliphatic hydroxyl groups is 1. The van der Waals surface area contributed by atoms with Crippen molar-refractivity contribution < 1.29 is 14.7 Å². The van der Waals surface area contributed by atoms with Crippen molar-refractivity contribution in [3.8, 4) is 0 Å². The van der Waals surface area contributed by atoms with Crippen molar-refractivity contribution in [3.05, 3.63) is 35.9 Å². The Morgan fingerprint density at radius 2 is 1.73 bits per heavy atom. The van der Waals surface area contributed by atoms with Gasteiger partial charge in [-0.15, -0.1) is 0 Å². The highest BCUT2D eigenvalue weighted by atomic mass is 16.3. The summed E-state index contributed by atoms with van der Waals surface area (Å²) in [6.45, 7) is 4.49. The minimum Gasteiger partial charge on any atom is -0.391 e. The Morgan fingerprint density at radius 1 is 1.08 bits per heavy atom. The predicted octanol–water partition coefficient (Wildman–Crippen LogP) is 2.74. The van der Waals surface area contributed by atoms with E-state index in [1.807, 2.05) is 18.2 Å². The lowest BCUT2D eigenvalue weighted by molar-refractivity contribution is -0.115. The first-order valence-corrected chi connectivity index (χ1v) is 9.45. The second-order valence-corrected chi connectivity index (χ2v) is 6.34. The number of nitrogens with two attached hydrogens (primary N) is 1. The molecule has 6 nitrogen and oxygen atoms in total. The van der Waals surface area contributed by atoms with E-state index in [0.29, 0.717) is 19.5 Å². The van der Waals surface area contributed by atoms with Gasteiger partial charge in [-0.1, -0.05) is 56.5 Å². The second kappa shape index (κ2) is 16.4. The van der Waals surface area contributed by atoms with E-state index < -0.39 is 6.10 Å². The van der Waals surface area contributed by atoms with Crippen LogP contribution in [-0.2, 0) is 11.2 Å². The van der Waals surface area contributed by atoms with E-state index in [2.05, 4.69) is 35.4 Å². The number of hydrogen-bond acceptors (Lipinski definition) is 3. The van der Waals surface area contributed by atoms with Crippen LogP contribution >= 0.6 is 0 Å². The third kappa shape index (κ3) is 16.8. The van der Waals surface area contributed by atoms with Gasteiger partial charge in [0.1, 0.15) is 0 Å². The van der Waals surface area contributed by atoms with E-state index in [1.165, 1.54) is 25.3 Å². The highest BCUT2D eigenvalue weighted by Crippen LogP contribution is 2.06. The molecule has 1 aromatic carbocycles. The number of primary amides is 1. The molecular formula is C20H35N3O3. The number of aryl methyl sites for hydroxylation is 1. The van der Waals surface area contributed by atoms with E-state index >= 15 is 0 Å². The SMILES string of the molecule is CC(N)=O.CCCCCCNC(=O)NCC(O)CCCc1ccccc1. The maximum Gasteiger partial charge on any atom is 0.314 e. The minimum absolute atomic E-state index is 0.182. The Labute approximate surface area is 157 Å². The zero-order valence-corrected chi connectivity index (χ0v) is 16.2. The smallest absolute Gasteiger partial charge is 0.314 e. The fourth-order valence-corrected chi connectivity index (χ4v) is 2.32. The minimum atomic E-state index is -0.477. The molecule has 1 unspecified atom stereocenters. The molecule has 5 N–H and O–H groups in total. The fourth-order valence-electron chi connectivity index (χ4n) is 2.32. The number of urea groups is 1. The number of aliphatic hydroxyl groups excluding tert-OH is 1. The molecule has 0 saturated carbocycles. The van der Waals surface area contributed by atoms with E-state index in [4.69, 9.17) is 0 Å². The largest absolute Gasteiger partial charge is 0.391 e. The Morgan fingerprint density at radius 3 is 2.35 bits per heavy atom. The van der Waals surface area contributed by atoms with E-state index in [-0.39, 0.29) is 11.9 Å². The zero-order chi connectivity index (χ0) is 19.6. The van der Waals surface area contributed by atoms with Crippen LogP contribution in [0.1, 0.15) is 57.9 Å². The number of hydrogen-bond donors (Lipinski definition) is 4. The number of carbonyl (C=O) groups excluding carboxylic acids is 2. The van der Waals surface area contributed by atoms with Gasteiger partial charge in [0, 0.05) is 20.0 Å². The first-order chi connectivity index (χ1) is 12.5. The van der Waals surface area contributed by atoms with Crippen molar-refractivity contribution >= 4 is 11.9 Å². The first-order valence-electron chi connectivity index (χ1n) is 9.45. The van der Waals surface area contributed by atoms with Gasteiger partial charge in [-0.05, 0) is 31.2 Å². The fraction of sp³-hybridized carbons (Fsp3) is 0.600. The molecule has 0 aliphatic rings. The van der Waals surface area contributed by atoms with Crippen LogP contribution in [-0.4, -0.2) is 36.2 Å². The molecule has 0 aromatic heterocycles. The van der Waals surface area contributed by atoms with Gasteiger partial charge in [-0.25, -0.2) is 4.79 Å². The summed E-state index contributed by atoms with van der Waals surface area (Å²) in [6, 6.07) is 10.1. The highest BCUT2D eigenvalue weighted by Gasteiger charge is 2.06. The van der Waals surface area contributed by atoms with Crippen LogP contribution in [0.4, 0.5) is 4.79 Å². The van der Waals surface area contributed by atoms with E-state index in [1.54, 1.807) is 0 Å². The molecule has 0 heterocycles. The molecule has 0 fully saturated rings. The number of benzene rings is 1. The van der Waals surface area contributed by atoms with Gasteiger partial charge in [-0.2, -0.15) is 0 Å². The van der Waals surface area contributed by atoms with Gasteiger partial charge in [0.15, 0.2) is 0 Å². The molecule has 0 bridgehead atoms. The molecule has 148 valence electrons. The van der Waals surface area contributed by atoms with Crippen molar-refractivity contribution in [2.45, 2.75) is 64.9 Å². The monoisotopic (exact) mass is 365 g/mol. The van der Waals surface area contributed by atoms with Crippen LogP contribution in [0.2, 0.25) is 0 Å². The topological polar surface area (TPSA) is 104 Å². The second-order valence-electron chi connectivity index (χ2n) is 6.34. The molecule has 0 aliphatic heterocycles. The molecule has 0 radical (unpaired) electrons. The number of amides is 3. The average molecular weight is 366 g/mol. The third-order valence-electron chi connectivity index (χ3n) is 3.66. The Kier molecular flexibility index (Phi) is 15.1. The number of nitrogens with one attached hydrogen (secondary N) is 2. The van der Waals surface area contributed by atoms with Crippen molar-refractivity contribution in [2.75, 3.05) is 13.1 Å². The van der Waals surface area contributed by atoms with E-state index in [9.17, 15) is 14.7 Å². The summed E-state index contributed by atoms with van der Waals surface area (Å²) in [5.41, 5.74) is 5.76. The summed E-state index contributed by atoms with van der Waals surface area (Å²) in [7, 11) is 0. The summed E-state index contributed by atoms with van der Waals surface area (Å²) in [6.07, 6.45) is 6.68. The molecule has 26 heavy (non-hydrogen) atoms. The van der Waals surface area contributed by atoms with Crippen molar-refractivity contribution in [2.24, 2.45) is 5.73 Å². The highest BCUT2D eigenvalue weighted by molar-refractivity contribution is 5.73. The van der Waals surface area contributed by atoms with Crippen LogP contribution in [0.3, 0.4) is 0 Å². The lowest BCUT2D eigenvalue weighted by Gasteiger charge is -2.12. The van der Waals surface area contributed by atoms with Crippen molar-refractivity contribution in [1.82, 2.24) is 10.6 Å². The molecule has 1 rings (SSSR count). The number of carbonyl (C=O) groups is 2. The van der Waals surface area contributed by atoms with Crippen LogP contribution in [0.25, 0.3) is 0 Å². The third-order valence-corrected chi connectivity index (χ3v) is 3.66.